The van der Waals surface area contributed by atoms with Crippen molar-refractivity contribution in [3.8, 4) is 0 Å². The van der Waals surface area contributed by atoms with Gasteiger partial charge in [-0.2, -0.15) is 0 Å². The third-order valence-electron chi connectivity index (χ3n) is 3.46. The molecular formula is C17H25BrO11. The molecule has 11 nitrogen and oxygen atoms in total. The lowest BCUT2D eigenvalue weighted by atomic mass is 9.96. The summed E-state index contributed by atoms with van der Waals surface area (Å²) in [7, 11) is 0. The van der Waals surface area contributed by atoms with Crippen LogP contribution in [-0.4, -0.2) is 77.9 Å². The second kappa shape index (κ2) is 11.4. The van der Waals surface area contributed by atoms with Gasteiger partial charge in [0.1, 0.15) is 12.7 Å². The Kier molecular flexibility index (Phi) is 7.58. The molecule has 1 saturated heterocycles. The molecule has 1 unspecified atom stereocenters. The Morgan fingerprint density at radius 3 is 2.17 bits per heavy atom. The molecule has 29 heavy (non-hydrogen) atoms. The van der Waals surface area contributed by atoms with Crippen LogP contribution in [-0.2, 0) is 47.6 Å². The van der Waals surface area contributed by atoms with Gasteiger partial charge in [0.2, 0.25) is 6.10 Å². The molecule has 0 bridgehead atoms. The van der Waals surface area contributed by atoms with Gasteiger partial charge in [-0.3, -0.25) is 19.2 Å². The third kappa shape index (κ3) is 7.88. The highest BCUT2D eigenvalue weighted by atomic mass is 79.9. The molecule has 1 aliphatic heterocycles. The lowest BCUT2D eigenvalue weighted by Gasteiger charge is -2.47. The summed E-state index contributed by atoms with van der Waals surface area (Å²) in [5.74, 6) is -7.26. The Balaban J connectivity index is 3.45. The van der Waals surface area contributed by atoms with Crippen molar-refractivity contribution in [2.24, 2.45) is 0 Å². The van der Waals surface area contributed by atoms with Gasteiger partial charge in [0.15, 0.2) is 12.2 Å². The lowest BCUT2D eigenvalue weighted by Crippen LogP contribution is -2.69. The SMILES string of the molecule is [2H]CC(=O)OC[C@H]1OC(O)(OCCCBr)[C@H](OC(=O)C[2H])[C@@H](OC(=O)C[2H])[C@@H]1OC(=O)C[2H]. The average molecular weight is 489 g/mol. The molecule has 0 saturated carbocycles. The molecule has 12 heteroatoms. The van der Waals surface area contributed by atoms with Crippen LogP contribution in [0.1, 0.15) is 39.5 Å². The van der Waals surface area contributed by atoms with E-state index in [4.69, 9.17) is 33.9 Å². The molecule has 0 aliphatic carbocycles. The number of esters is 4. The summed E-state index contributed by atoms with van der Waals surface area (Å²) in [5.41, 5.74) is 0. The van der Waals surface area contributed by atoms with E-state index in [0.29, 0.717) is 11.8 Å². The van der Waals surface area contributed by atoms with Crippen LogP contribution in [0.25, 0.3) is 0 Å². The summed E-state index contributed by atoms with van der Waals surface area (Å²) in [6.45, 7) is -4.27. The Morgan fingerprint density at radius 2 is 1.59 bits per heavy atom. The van der Waals surface area contributed by atoms with E-state index >= 15 is 0 Å². The van der Waals surface area contributed by atoms with Crippen molar-refractivity contribution in [1.29, 1.82) is 0 Å². The predicted molar refractivity (Wildman–Crippen MR) is 97.5 cm³/mol. The van der Waals surface area contributed by atoms with Crippen molar-refractivity contribution in [1.82, 2.24) is 0 Å². The smallest absolute Gasteiger partial charge is 0.324 e. The van der Waals surface area contributed by atoms with Gasteiger partial charge in [-0.15, -0.1) is 0 Å². The molecule has 0 spiro atoms. The average Bonchev–Trinajstić information content (AvgIpc) is 2.81. The van der Waals surface area contributed by atoms with Gasteiger partial charge in [0, 0.05) is 38.4 Å². The summed E-state index contributed by atoms with van der Waals surface area (Å²) in [4.78, 5) is 47.1. The summed E-state index contributed by atoms with van der Waals surface area (Å²) < 4.78 is 59.4. The van der Waals surface area contributed by atoms with Crippen LogP contribution in [0.15, 0.2) is 0 Å². The van der Waals surface area contributed by atoms with Crippen molar-refractivity contribution in [3.63, 3.8) is 0 Å². The molecule has 0 aromatic heterocycles. The van der Waals surface area contributed by atoms with Crippen molar-refractivity contribution >= 4 is 39.8 Å². The van der Waals surface area contributed by atoms with Gasteiger partial charge in [-0.25, -0.2) is 0 Å². The van der Waals surface area contributed by atoms with Gasteiger partial charge >= 0.3 is 29.9 Å². The predicted octanol–water partition coefficient (Wildman–Crippen LogP) is 0.191. The number of carbonyl (C=O) groups is 4. The molecular weight excluding hydrogens is 460 g/mol. The van der Waals surface area contributed by atoms with Crippen molar-refractivity contribution in [3.05, 3.63) is 0 Å². The van der Waals surface area contributed by atoms with Crippen LogP contribution in [0.4, 0.5) is 0 Å². The maximum atomic E-state index is 11.9. The van der Waals surface area contributed by atoms with Crippen LogP contribution in [0.3, 0.4) is 0 Å². The second-order valence-corrected chi connectivity index (χ2v) is 6.47. The van der Waals surface area contributed by atoms with Crippen LogP contribution >= 0.6 is 15.9 Å². The van der Waals surface area contributed by atoms with Crippen LogP contribution in [0.5, 0.6) is 0 Å². The van der Waals surface area contributed by atoms with E-state index < -0.39 is 88.5 Å². The maximum absolute atomic E-state index is 11.9. The summed E-state index contributed by atoms with van der Waals surface area (Å²) in [6, 6.07) is 0. The third-order valence-corrected chi connectivity index (χ3v) is 4.02. The second-order valence-electron chi connectivity index (χ2n) is 5.68. The maximum Gasteiger partial charge on any atom is 0.324 e. The minimum Gasteiger partial charge on any atom is -0.463 e. The Hall–Kier alpha value is -1.76. The number of carbonyl (C=O) groups excluding carboxylic acids is 4. The highest BCUT2D eigenvalue weighted by Crippen LogP contribution is 2.35. The molecule has 0 amide bonds. The monoisotopic (exact) mass is 488 g/mol. The standard InChI is InChI=1S/C17H25BrO11/c1-9(19)24-8-13-14(26-10(2)20)15(27-11(3)21)16(28-12(4)22)17(23,29-13)25-7-5-6-18/h13-16,23H,5-8H2,1-4H3/t13-,14-,15+,16-,17?/m1/s1/i1D,2D,3D,4D. The largest absolute Gasteiger partial charge is 0.463 e. The van der Waals surface area contributed by atoms with Crippen molar-refractivity contribution in [2.45, 2.75) is 64.4 Å². The zero-order valence-corrected chi connectivity index (χ0v) is 17.0. The Labute approximate surface area is 181 Å². The van der Waals surface area contributed by atoms with E-state index in [2.05, 4.69) is 15.9 Å². The number of hydrogen-bond acceptors (Lipinski definition) is 11. The summed E-state index contributed by atoms with van der Waals surface area (Å²) in [5, 5.41) is 11.5. The lowest BCUT2D eigenvalue weighted by molar-refractivity contribution is -0.447. The fraction of sp³-hybridized carbons (Fsp3) is 0.765. The number of alkyl halides is 1. The van der Waals surface area contributed by atoms with E-state index in [0.717, 1.165) is 0 Å². The quantitative estimate of drug-likeness (QED) is 0.156. The Morgan fingerprint density at radius 1 is 1.00 bits per heavy atom. The molecule has 1 aliphatic rings. The number of rotatable bonds is 9. The van der Waals surface area contributed by atoms with Gasteiger partial charge < -0.3 is 33.5 Å². The highest BCUT2D eigenvalue weighted by molar-refractivity contribution is 9.09. The fourth-order valence-corrected chi connectivity index (χ4v) is 2.72. The molecule has 1 heterocycles. The first-order chi connectivity index (χ1) is 15.6. The van der Waals surface area contributed by atoms with Crippen LogP contribution < -0.4 is 0 Å². The van der Waals surface area contributed by atoms with Crippen molar-refractivity contribution in [2.75, 3.05) is 18.5 Å². The number of hydrogen-bond donors (Lipinski definition) is 1. The molecule has 0 radical (unpaired) electrons. The van der Waals surface area contributed by atoms with E-state index in [1.165, 1.54) is 0 Å². The van der Waals surface area contributed by atoms with E-state index in [-0.39, 0.29) is 6.61 Å². The number of aliphatic hydroxyl groups is 1. The first-order valence-electron chi connectivity index (χ1n) is 11.0. The van der Waals surface area contributed by atoms with E-state index in [9.17, 15) is 24.3 Å². The molecule has 1 rings (SSSR count). The molecule has 1 N–H and O–H groups in total. The molecule has 0 aromatic carbocycles. The molecule has 1 fully saturated rings. The molecule has 5 atom stereocenters. The first-order valence-corrected chi connectivity index (χ1v) is 9.28. The van der Waals surface area contributed by atoms with Gasteiger partial charge in [0.25, 0.3) is 0 Å². The minimum atomic E-state index is -2.80. The molecule has 0 aromatic rings. The number of halogens is 1. The fourth-order valence-electron chi connectivity index (χ4n) is 2.49. The number of ether oxygens (including phenoxy) is 6. The zero-order valence-electron chi connectivity index (χ0n) is 19.4. The normalized spacial score (nSPS) is 30.7. The van der Waals surface area contributed by atoms with Gasteiger partial charge in [0.05, 0.1) is 6.61 Å². The zero-order chi connectivity index (χ0) is 25.0. The summed E-state index contributed by atoms with van der Waals surface area (Å²) >= 11 is 3.16. The Bertz CT molecular complexity index is 685. The van der Waals surface area contributed by atoms with E-state index in [1.807, 2.05) is 0 Å². The van der Waals surface area contributed by atoms with Crippen molar-refractivity contribution < 1.29 is 58.2 Å². The highest BCUT2D eigenvalue weighted by Gasteiger charge is 2.60. The summed E-state index contributed by atoms with van der Waals surface area (Å²) in [6.07, 6.45) is -6.69. The van der Waals surface area contributed by atoms with Gasteiger partial charge in [-0.05, 0) is 6.42 Å². The van der Waals surface area contributed by atoms with Crippen LogP contribution in [0, 0.1) is 0 Å². The molecule has 166 valence electrons. The van der Waals surface area contributed by atoms with Gasteiger partial charge in [-0.1, -0.05) is 15.9 Å². The topological polar surface area (TPSA) is 144 Å². The first kappa shape index (κ1) is 19.2. The van der Waals surface area contributed by atoms with Crippen LogP contribution in [0.2, 0.25) is 0 Å². The minimum absolute atomic E-state index is 0.161. The van der Waals surface area contributed by atoms with E-state index in [1.54, 1.807) is 0 Å².